The molecule has 0 aliphatic rings. The van der Waals surface area contributed by atoms with Crippen molar-refractivity contribution in [3.63, 3.8) is 0 Å². The minimum atomic E-state index is -1.04. The third kappa shape index (κ3) is 4.64. The molecule has 0 radical (unpaired) electrons. The number of ether oxygens (including phenoxy) is 1. The Balaban J connectivity index is 1.50. The van der Waals surface area contributed by atoms with Crippen molar-refractivity contribution in [3.05, 3.63) is 60.6 Å². The van der Waals surface area contributed by atoms with Crippen LogP contribution in [-0.4, -0.2) is 43.0 Å². The number of nitrogens with zero attached hydrogens (tertiary/aromatic N) is 4. The van der Waals surface area contributed by atoms with E-state index < -0.39 is 18.6 Å². The number of carboxylic acid groups (broad SMARTS) is 1. The van der Waals surface area contributed by atoms with Crippen LogP contribution in [0.25, 0.3) is 16.7 Å². The standard InChI is InChI=1S/C23H24N6O4/c1-23(2,3)19-11-20(24)29(27-19)22(32)26-14-4-6-15(7-5-14)28-13-25-17-10-16(8-9-18(17)28)33-12-21(30)31/h4-11,13H,12,24H2,1-3H3,(H,26,32)(H,30,31). The van der Waals surface area contributed by atoms with Crippen LogP contribution in [0.1, 0.15) is 26.5 Å². The summed E-state index contributed by atoms with van der Waals surface area (Å²) < 4.78 is 8.24. The van der Waals surface area contributed by atoms with Crippen LogP contribution in [0.2, 0.25) is 0 Å². The molecular weight excluding hydrogens is 424 g/mol. The minimum absolute atomic E-state index is 0.224. The Morgan fingerprint density at radius 3 is 2.48 bits per heavy atom. The third-order valence-electron chi connectivity index (χ3n) is 4.98. The van der Waals surface area contributed by atoms with Crippen LogP contribution in [0.5, 0.6) is 5.75 Å². The van der Waals surface area contributed by atoms with Crippen molar-refractivity contribution in [1.29, 1.82) is 0 Å². The quantitative estimate of drug-likeness (QED) is 0.424. The highest BCUT2D eigenvalue weighted by Crippen LogP contribution is 2.25. The fraction of sp³-hybridized carbons (Fsp3) is 0.217. The average Bonchev–Trinajstić information content (AvgIpc) is 3.36. The number of anilines is 2. The fourth-order valence-electron chi connectivity index (χ4n) is 3.24. The van der Waals surface area contributed by atoms with E-state index in [4.69, 9.17) is 15.6 Å². The molecule has 0 aliphatic heterocycles. The predicted octanol–water partition coefficient (Wildman–Crippen LogP) is 3.65. The number of hydrogen-bond acceptors (Lipinski definition) is 6. The molecule has 4 N–H and O–H groups in total. The predicted molar refractivity (Wildman–Crippen MR) is 124 cm³/mol. The molecule has 0 saturated heterocycles. The van der Waals surface area contributed by atoms with Gasteiger partial charge in [-0.3, -0.25) is 4.57 Å². The van der Waals surface area contributed by atoms with E-state index in [0.717, 1.165) is 21.6 Å². The van der Waals surface area contributed by atoms with Crippen LogP contribution in [0.4, 0.5) is 16.3 Å². The summed E-state index contributed by atoms with van der Waals surface area (Å²) >= 11 is 0. The number of carbonyl (C=O) groups is 2. The number of hydrogen-bond donors (Lipinski definition) is 3. The highest BCUT2D eigenvalue weighted by molar-refractivity contribution is 5.92. The Bertz CT molecular complexity index is 1330. The van der Waals surface area contributed by atoms with Gasteiger partial charge in [-0.05, 0) is 36.4 Å². The first-order chi connectivity index (χ1) is 15.6. The Morgan fingerprint density at radius 2 is 1.85 bits per heavy atom. The molecule has 1 amide bonds. The second kappa shape index (κ2) is 8.30. The van der Waals surface area contributed by atoms with Crippen molar-refractivity contribution < 1.29 is 19.4 Å². The molecule has 0 bridgehead atoms. The minimum Gasteiger partial charge on any atom is -0.482 e. The van der Waals surface area contributed by atoms with Crippen molar-refractivity contribution >= 4 is 34.5 Å². The Kier molecular flexibility index (Phi) is 5.50. The number of nitrogen functional groups attached to an aromatic ring is 1. The van der Waals surface area contributed by atoms with Crippen molar-refractivity contribution in [1.82, 2.24) is 19.3 Å². The number of aliphatic carboxylic acids is 1. The maximum absolute atomic E-state index is 12.6. The number of nitrogens with one attached hydrogen (secondary N) is 1. The van der Waals surface area contributed by atoms with Gasteiger partial charge in [-0.15, -0.1) is 0 Å². The lowest BCUT2D eigenvalue weighted by Crippen LogP contribution is -2.23. The molecule has 0 fully saturated rings. The second-order valence-electron chi connectivity index (χ2n) is 8.54. The Morgan fingerprint density at radius 1 is 1.12 bits per heavy atom. The molecule has 0 saturated carbocycles. The lowest BCUT2D eigenvalue weighted by molar-refractivity contribution is -0.139. The number of carbonyl (C=O) groups excluding carboxylic acids is 1. The number of imidazole rings is 1. The Hall–Kier alpha value is -4.34. The summed E-state index contributed by atoms with van der Waals surface area (Å²) in [6.45, 7) is 5.58. The SMILES string of the molecule is CC(C)(C)c1cc(N)n(C(=O)Nc2ccc(-n3cnc4cc(OCC(=O)O)ccc43)cc2)n1. The molecule has 2 heterocycles. The van der Waals surface area contributed by atoms with Gasteiger partial charge >= 0.3 is 12.0 Å². The van der Waals surface area contributed by atoms with Crippen LogP contribution in [0, 0.1) is 0 Å². The van der Waals surface area contributed by atoms with Gasteiger partial charge in [0.1, 0.15) is 17.9 Å². The van der Waals surface area contributed by atoms with Crippen LogP contribution in [0.3, 0.4) is 0 Å². The van der Waals surface area contributed by atoms with Crippen molar-refractivity contribution in [2.45, 2.75) is 26.2 Å². The zero-order valence-corrected chi connectivity index (χ0v) is 18.4. The summed E-state index contributed by atoms with van der Waals surface area (Å²) in [5.74, 6) is -0.343. The summed E-state index contributed by atoms with van der Waals surface area (Å²) in [6, 6.07) is 13.7. The largest absolute Gasteiger partial charge is 0.482 e. The average molecular weight is 448 g/mol. The number of benzene rings is 2. The smallest absolute Gasteiger partial charge is 0.348 e. The molecule has 4 rings (SSSR count). The molecular formula is C23H24N6O4. The third-order valence-corrected chi connectivity index (χ3v) is 4.98. The van der Waals surface area contributed by atoms with Gasteiger partial charge in [-0.1, -0.05) is 20.8 Å². The maximum atomic E-state index is 12.6. The first-order valence-electron chi connectivity index (χ1n) is 10.2. The number of nitrogens with two attached hydrogens (primary N) is 1. The van der Waals surface area contributed by atoms with Gasteiger partial charge < -0.3 is 20.9 Å². The van der Waals surface area contributed by atoms with Gasteiger partial charge in [0.2, 0.25) is 0 Å². The number of aromatic nitrogens is 4. The van der Waals surface area contributed by atoms with Crippen molar-refractivity contribution in [2.24, 2.45) is 0 Å². The molecule has 10 heteroatoms. The zero-order chi connectivity index (χ0) is 23.8. The van der Waals surface area contributed by atoms with E-state index in [1.807, 2.05) is 43.5 Å². The van der Waals surface area contributed by atoms with Crippen LogP contribution >= 0.6 is 0 Å². The normalized spacial score (nSPS) is 11.5. The molecule has 0 atom stereocenters. The molecule has 170 valence electrons. The van der Waals surface area contributed by atoms with Gasteiger partial charge in [0, 0.05) is 28.9 Å². The first-order valence-corrected chi connectivity index (χ1v) is 10.2. The molecule has 2 aromatic carbocycles. The van der Waals surface area contributed by atoms with Crippen molar-refractivity contribution in [2.75, 3.05) is 17.7 Å². The van der Waals surface area contributed by atoms with E-state index in [1.54, 1.807) is 36.7 Å². The highest BCUT2D eigenvalue weighted by Gasteiger charge is 2.21. The van der Waals surface area contributed by atoms with E-state index in [1.165, 1.54) is 0 Å². The lowest BCUT2D eigenvalue weighted by Gasteiger charge is -2.14. The summed E-state index contributed by atoms with van der Waals surface area (Å²) in [5.41, 5.74) is 9.39. The van der Waals surface area contributed by atoms with E-state index >= 15 is 0 Å². The summed E-state index contributed by atoms with van der Waals surface area (Å²) in [6.07, 6.45) is 1.66. The fourth-order valence-corrected chi connectivity index (χ4v) is 3.24. The lowest BCUT2D eigenvalue weighted by atomic mass is 9.92. The van der Waals surface area contributed by atoms with Gasteiger partial charge in [0.25, 0.3) is 0 Å². The molecule has 2 aromatic heterocycles. The summed E-state index contributed by atoms with van der Waals surface area (Å²) in [7, 11) is 0. The zero-order valence-electron chi connectivity index (χ0n) is 18.4. The first kappa shape index (κ1) is 21.9. The monoisotopic (exact) mass is 448 g/mol. The van der Waals surface area contributed by atoms with E-state index in [2.05, 4.69) is 15.4 Å². The summed E-state index contributed by atoms with van der Waals surface area (Å²) in [5, 5.41) is 15.9. The number of fused-ring (bicyclic) bond motifs is 1. The molecule has 4 aromatic rings. The molecule has 0 spiro atoms. The van der Waals surface area contributed by atoms with E-state index in [9.17, 15) is 9.59 Å². The van der Waals surface area contributed by atoms with Gasteiger partial charge in [-0.2, -0.15) is 9.78 Å². The number of carboxylic acids is 1. The van der Waals surface area contributed by atoms with Gasteiger partial charge in [0.15, 0.2) is 6.61 Å². The van der Waals surface area contributed by atoms with Crippen LogP contribution in [0.15, 0.2) is 54.9 Å². The Labute approximate surface area is 189 Å². The second-order valence-corrected chi connectivity index (χ2v) is 8.54. The van der Waals surface area contributed by atoms with Gasteiger partial charge in [-0.25, -0.2) is 14.6 Å². The van der Waals surface area contributed by atoms with Crippen LogP contribution in [-0.2, 0) is 10.2 Å². The van der Waals surface area contributed by atoms with Crippen molar-refractivity contribution in [3.8, 4) is 11.4 Å². The maximum Gasteiger partial charge on any atom is 0.348 e. The van der Waals surface area contributed by atoms with Crippen LogP contribution < -0.4 is 15.8 Å². The highest BCUT2D eigenvalue weighted by atomic mass is 16.5. The molecule has 10 nitrogen and oxygen atoms in total. The molecule has 33 heavy (non-hydrogen) atoms. The van der Waals surface area contributed by atoms with Gasteiger partial charge in [0.05, 0.1) is 16.7 Å². The van der Waals surface area contributed by atoms with E-state index in [0.29, 0.717) is 17.0 Å². The number of amides is 1. The molecule has 0 aliphatic carbocycles. The topological polar surface area (TPSA) is 137 Å². The van der Waals surface area contributed by atoms with E-state index in [-0.39, 0.29) is 11.2 Å². The number of rotatable bonds is 5. The molecule has 0 unspecified atom stereocenters. The summed E-state index contributed by atoms with van der Waals surface area (Å²) in [4.78, 5) is 27.7.